The minimum Gasteiger partial charge on any atom is -0.368 e. The molecule has 5 nitrogen and oxygen atoms in total. The quantitative estimate of drug-likeness (QED) is 0.841. The minimum absolute atomic E-state index is 0.0368. The molecule has 84 valence electrons. The zero-order chi connectivity index (χ0) is 10.7. The fraction of sp³-hybridized carbons (Fsp3) is 0.778. The van der Waals surface area contributed by atoms with E-state index in [0.29, 0.717) is 11.7 Å². The van der Waals surface area contributed by atoms with E-state index in [-0.39, 0.29) is 12.1 Å². The largest absolute Gasteiger partial charge is 0.368 e. The Kier molecular flexibility index (Phi) is 3.61. The van der Waals surface area contributed by atoms with Crippen molar-refractivity contribution in [1.29, 1.82) is 0 Å². The number of hydrogen-bond donors (Lipinski definition) is 1. The van der Waals surface area contributed by atoms with Crippen molar-refractivity contribution in [2.24, 2.45) is 5.73 Å². The second-order valence-electron chi connectivity index (χ2n) is 3.44. The van der Waals surface area contributed by atoms with E-state index in [9.17, 15) is 0 Å². The average Bonchev–Trinajstić information content (AvgIpc) is 2.78. The number of nitrogens with zero attached hydrogens (tertiary/aromatic N) is 2. The van der Waals surface area contributed by atoms with Crippen molar-refractivity contribution in [3.8, 4) is 0 Å². The van der Waals surface area contributed by atoms with Crippen molar-refractivity contribution in [3.63, 3.8) is 0 Å². The lowest BCUT2D eigenvalue weighted by Crippen LogP contribution is -2.17. The van der Waals surface area contributed by atoms with Crippen LogP contribution in [0.3, 0.4) is 0 Å². The van der Waals surface area contributed by atoms with E-state index in [1.54, 1.807) is 0 Å². The zero-order valence-corrected chi connectivity index (χ0v) is 9.50. The standard InChI is InChI=1S/C9H15N3O2S/c1-2-6(10)9-11-8(12-14-9)7-5-15-4-3-13-7/h6-7H,2-5,10H2,1H3. The highest BCUT2D eigenvalue weighted by atomic mass is 32.2. The molecule has 1 aliphatic rings. The summed E-state index contributed by atoms with van der Waals surface area (Å²) in [6.07, 6.45) is 0.757. The Morgan fingerprint density at radius 1 is 1.67 bits per heavy atom. The summed E-state index contributed by atoms with van der Waals surface area (Å²) in [4.78, 5) is 4.26. The van der Waals surface area contributed by atoms with Crippen LogP contribution in [0.25, 0.3) is 0 Å². The summed E-state index contributed by atoms with van der Waals surface area (Å²) in [5, 5.41) is 3.90. The number of ether oxygens (including phenoxy) is 1. The van der Waals surface area contributed by atoms with Crippen LogP contribution in [0.4, 0.5) is 0 Å². The topological polar surface area (TPSA) is 74.2 Å². The molecule has 0 radical (unpaired) electrons. The molecule has 1 aromatic heterocycles. The first-order chi connectivity index (χ1) is 7.31. The Hall–Kier alpha value is -0.590. The molecule has 0 aliphatic carbocycles. The molecule has 2 N–H and O–H groups in total. The van der Waals surface area contributed by atoms with Crippen molar-refractivity contribution in [2.75, 3.05) is 18.1 Å². The van der Waals surface area contributed by atoms with Crippen LogP contribution in [0.1, 0.15) is 37.2 Å². The van der Waals surface area contributed by atoms with Crippen molar-refractivity contribution in [3.05, 3.63) is 11.7 Å². The van der Waals surface area contributed by atoms with Gasteiger partial charge in [0.1, 0.15) is 6.10 Å². The first-order valence-electron chi connectivity index (χ1n) is 5.09. The van der Waals surface area contributed by atoms with Crippen LogP contribution < -0.4 is 5.73 Å². The number of nitrogens with two attached hydrogens (primary N) is 1. The van der Waals surface area contributed by atoms with Crippen molar-refractivity contribution in [1.82, 2.24) is 10.1 Å². The van der Waals surface area contributed by atoms with Gasteiger partial charge in [0.25, 0.3) is 0 Å². The molecule has 0 spiro atoms. The first-order valence-corrected chi connectivity index (χ1v) is 6.25. The minimum atomic E-state index is -0.164. The van der Waals surface area contributed by atoms with Crippen LogP contribution in [0.5, 0.6) is 0 Å². The molecular formula is C9H15N3O2S. The highest BCUT2D eigenvalue weighted by Crippen LogP contribution is 2.25. The Balaban J connectivity index is 2.05. The van der Waals surface area contributed by atoms with Gasteiger partial charge in [-0.1, -0.05) is 12.1 Å². The SMILES string of the molecule is CCC(N)c1nc(C2CSCCO2)no1. The molecule has 0 saturated carbocycles. The third kappa shape index (κ3) is 2.50. The predicted molar refractivity (Wildman–Crippen MR) is 57.5 cm³/mol. The average molecular weight is 229 g/mol. The summed E-state index contributed by atoms with van der Waals surface area (Å²) in [5.74, 6) is 3.06. The smallest absolute Gasteiger partial charge is 0.243 e. The molecule has 15 heavy (non-hydrogen) atoms. The molecule has 1 aliphatic heterocycles. The van der Waals surface area contributed by atoms with Crippen LogP contribution in [0.15, 0.2) is 4.52 Å². The molecule has 1 saturated heterocycles. The van der Waals surface area contributed by atoms with Crippen LogP contribution in [-0.4, -0.2) is 28.3 Å². The zero-order valence-electron chi connectivity index (χ0n) is 8.68. The number of hydrogen-bond acceptors (Lipinski definition) is 6. The summed E-state index contributed by atoms with van der Waals surface area (Å²) < 4.78 is 10.6. The Morgan fingerprint density at radius 2 is 2.53 bits per heavy atom. The second-order valence-corrected chi connectivity index (χ2v) is 4.59. The Bertz CT molecular complexity index is 312. The molecule has 0 amide bonds. The molecule has 2 heterocycles. The van der Waals surface area contributed by atoms with Crippen LogP contribution >= 0.6 is 11.8 Å². The van der Waals surface area contributed by atoms with Crippen molar-refractivity contribution < 1.29 is 9.26 Å². The summed E-state index contributed by atoms with van der Waals surface area (Å²) in [6.45, 7) is 2.74. The maximum atomic E-state index is 5.79. The molecule has 1 aromatic rings. The molecular weight excluding hydrogens is 214 g/mol. The van der Waals surface area contributed by atoms with E-state index < -0.39 is 0 Å². The fourth-order valence-electron chi connectivity index (χ4n) is 1.34. The first kappa shape index (κ1) is 10.9. The van der Waals surface area contributed by atoms with Gasteiger partial charge < -0.3 is 15.0 Å². The van der Waals surface area contributed by atoms with E-state index in [1.165, 1.54) is 0 Å². The van der Waals surface area contributed by atoms with Crippen LogP contribution in [0, 0.1) is 0 Å². The summed E-state index contributed by atoms with van der Waals surface area (Å²) in [7, 11) is 0. The summed E-state index contributed by atoms with van der Waals surface area (Å²) in [5.41, 5.74) is 5.79. The van der Waals surface area contributed by atoms with Gasteiger partial charge in [0, 0.05) is 11.5 Å². The van der Waals surface area contributed by atoms with Crippen molar-refractivity contribution in [2.45, 2.75) is 25.5 Å². The highest BCUT2D eigenvalue weighted by molar-refractivity contribution is 7.99. The van der Waals surface area contributed by atoms with E-state index in [4.69, 9.17) is 15.0 Å². The molecule has 0 aromatic carbocycles. The molecule has 2 unspecified atom stereocenters. The normalized spacial score (nSPS) is 24.0. The number of rotatable bonds is 3. The molecule has 1 fully saturated rings. The van der Waals surface area contributed by atoms with Gasteiger partial charge >= 0.3 is 0 Å². The van der Waals surface area contributed by atoms with E-state index in [1.807, 2.05) is 18.7 Å². The lowest BCUT2D eigenvalue weighted by molar-refractivity contribution is 0.0677. The van der Waals surface area contributed by atoms with E-state index in [2.05, 4.69) is 10.1 Å². The third-order valence-corrected chi connectivity index (χ3v) is 3.31. The number of thioether (sulfide) groups is 1. The van der Waals surface area contributed by atoms with Gasteiger partial charge in [0.05, 0.1) is 12.6 Å². The van der Waals surface area contributed by atoms with Crippen molar-refractivity contribution >= 4 is 11.8 Å². The summed E-state index contributed by atoms with van der Waals surface area (Å²) in [6, 6.07) is -0.164. The lowest BCUT2D eigenvalue weighted by atomic mass is 10.2. The Morgan fingerprint density at radius 3 is 3.20 bits per heavy atom. The van der Waals surface area contributed by atoms with Crippen LogP contribution in [0.2, 0.25) is 0 Å². The maximum absolute atomic E-state index is 5.79. The Labute approximate surface area is 92.7 Å². The van der Waals surface area contributed by atoms with Gasteiger partial charge in [-0.2, -0.15) is 16.7 Å². The second kappa shape index (κ2) is 4.96. The van der Waals surface area contributed by atoms with Gasteiger partial charge in [-0.25, -0.2) is 0 Å². The summed E-state index contributed by atoms with van der Waals surface area (Å²) >= 11 is 1.84. The third-order valence-electron chi connectivity index (χ3n) is 2.32. The molecule has 2 atom stereocenters. The van der Waals surface area contributed by atoms with Gasteiger partial charge in [-0.3, -0.25) is 0 Å². The monoisotopic (exact) mass is 229 g/mol. The maximum Gasteiger partial charge on any atom is 0.243 e. The molecule has 6 heteroatoms. The van der Waals surface area contributed by atoms with Gasteiger partial charge in [-0.15, -0.1) is 0 Å². The van der Waals surface area contributed by atoms with Gasteiger partial charge in [0.15, 0.2) is 0 Å². The van der Waals surface area contributed by atoms with Gasteiger partial charge in [-0.05, 0) is 6.42 Å². The van der Waals surface area contributed by atoms with Gasteiger partial charge in [0.2, 0.25) is 11.7 Å². The van der Waals surface area contributed by atoms with Crippen LogP contribution in [-0.2, 0) is 4.74 Å². The molecule has 0 bridgehead atoms. The van der Waals surface area contributed by atoms with E-state index in [0.717, 1.165) is 24.5 Å². The lowest BCUT2D eigenvalue weighted by Gasteiger charge is -2.18. The molecule has 2 rings (SSSR count). The fourth-order valence-corrected chi connectivity index (χ4v) is 2.18. The number of aromatic nitrogens is 2. The predicted octanol–water partition coefficient (Wildman–Crippen LogP) is 1.28. The highest BCUT2D eigenvalue weighted by Gasteiger charge is 2.23. The van der Waals surface area contributed by atoms with E-state index >= 15 is 0 Å².